The topological polar surface area (TPSA) is 42.4 Å². The molecule has 1 aromatic rings. The summed E-state index contributed by atoms with van der Waals surface area (Å²) in [6.07, 6.45) is 1.32. The molecule has 5 heteroatoms. The molecule has 0 bridgehead atoms. The predicted molar refractivity (Wildman–Crippen MR) is 68.2 cm³/mol. The van der Waals surface area contributed by atoms with E-state index in [1.165, 1.54) is 4.90 Å². The second kappa shape index (κ2) is 5.70. The molecule has 1 aliphatic heterocycles. The van der Waals surface area contributed by atoms with Crippen LogP contribution in [0.4, 0.5) is 9.18 Å². The van der Waals surface area contributed by atoms with Crippen LogP contribution in [-0.4, -0.2) is 41.3 Å². The summed E-state index contributed by atoms with van der Waals surface area (Å²) in [4.78, 5) is 16.8. The normalized spacial score (nSPS) is 21.7. The Morgan fingerprint density at radius 2 is 2.47 bits per heavy atom. The zero-order valence-electron chi connectivity index (χ0n) is 10.7. The van der Waals surface area contributed by atoms with Gasteiger partial charge in [0, 0.05) is 19.2 Å². The molecule has 1 amide bonds. The molecule has 1 aromatic heterocycles. The maximum Gasteiger partial charge on any atom is 0.409 e. The van der Waals surface area contributed by atoms with Gasteiger partial charge < -0.3 is 9.64 Å². The first-order chi connectivity index (χ1) is 9.13. The van der Waals surface area contributed by atoms with Crippen LogP contribution in [0.15, 0.2) is 24.4 Å². The first kappa shape index (κ1) is 13.3. The number of carbonyl (C=O) groups excluding carboxylic acids is 1. The summed E-state index contributed by atoms with van der Waals surface area (Å²) < 4.78 is 19.2. The molecular weight excluding hydrogens is 247 g/mol. The highest BCUT2D eigenvalue weighted by molar-refractivity contribution is 5.68. The third-order valence-corrected chi connectivity index (χ3v) is 2.82. The molecule has 1 atom stereocenters. The van der Waals surface area contributed by atoms with Crippen molar-refractivity contribution in [1.82, 2.24) is 9.88 Å². The highest BCUT2D eigenvalue weighted by atomic mass is 19.1. The highest BCUT2D eigenvalue weighted by Gasteiger charge is 2.39. The summed E-state index contributed by atoms with van der Waals surface area (Å²) in [5.41, 5.74) is -1.15. The number of pyridine rings is 1. The standard InChI is InChI=1S/C14H15FN2O2/c1-2-19-13(18)17-10-8-14(15,11-17)7-6-12-5-3-4-9-16-12/h3-5,9H,2,8,10-11H2,1H3. The SMILES string of the molecule is CCOC(=O)N1CCC(F)(C#Cc2ccccn2)C1. The zero-order valence-corrected chi connectivity index (χ0v) is 10.7. The van der Waals surface area contributed by atoms with Crippen molar-refractivity contribution in [2.24, 2.45) is 0 Å². The molecule has 4 nitrogen and oxygen atoms in total. The number of halogens is 1. The van der Waals surface area contributed by atoms with E-state index in [1.54, 1.807) is 31.3 Å². The number of amides is 1. The lowest BCUT2D eigenvalue weighted by Gasteiger charge is -2.16. The third-order valence-electron chi connectivity index (χ3n) is 2.82. The summed E-state index contributed by atoms with van der Waals surface area (Å²) in [5.74, 6) is 5.28. The van der Waals surface area contributed by atoms with Gasteiger partial charge in [-0.3, -0.25) is 0 Å². The minimum Gasteiger partial charge on any atom is -0.450 e. The van der Waals surface area contributed by atoms with Crippen LogP contribution >= 0.6 is 0 Å². The van der Waals surface area contributed by atoms with Crippen LogP contribution in [0.25, 0.3) is 0 Å². The monoisotopic (exact) mass is 262 g/mol. The lowest BCUT2D eigenvalue weighted by atomic mass is 10.1. The van der Waals surface area contributed by atoms with Crippen molar-refractivity contribution < 1.29 is 13.9 Å². The van der Waals surface area contributed by atoms with Gasteiger partial charge in [-0.25, -0.2) is 14.2 Å². The van der Waals surface area contributed by atoms with Crippen LogP contribution in [0.1, 0.15) is 19.0 Å². The Hall–Kier alpha value is -2.09. The van der Waals surface area contributed by atoms with Crippen LogP contribution in [0.2, 0.25) is 0 Å². The second-order valence-electron chi connectivity index (χ2n) is 4.30. The molecule has 1 unspecified atom stereocenters. The minimum atomic E-state index is -1.68. The molecule has 2 rings (SSSR count). The molecule has 0 radical (unpaired) electrons. The highest BCUT2D eigenvalue weighted by Crippen LogP contribution is 2.25. The van der Waals surface area contributed by atoms with Gasteiger partial charge in [-0.2, -0.15) is 0 Å². The number of hydrogen-bond acceptors (Lipinski definition) is 3. The van der Waals surface area contributed by atoms with Gasteiger partial charge in [-0.1, -0.05) is 12.0 Å². The number of carbonyl (C=O) groups is 1. The second-order valence-corrected chi connectivity index (χ2v) is 4.30. The fourth-order valence-corrected chi connectivity index (χ4v) is 1.86. The van der Waals surface area contributed by atoms with E-state index in [9.17, 15) is 9.18 Å². The Labute approximate surface area is 111 Å². The molecule has 0 aliphatic carbocycles. The van der Waals surface area contributed by atoms with Crippen molar-refractivity contribution in [2.45, 2.75) is 19.0 Å². The quantitative estimate of drug-likeness (QED) is 0.727. The lowest BCUT2D eigenvalue weighted by Crippen LogP contribution is -2.33. The van der Waals surface area contributed by atoms with Gasteiger partial charge in [0.1, 0.15) is 5.69 Å². The maximum absolute atomic E-state index is 14.4. The summed E-state index contributed by atoms with van der Waals surface area (Å²) in [5, 5.41) is 0. The van der Waals surface area contributed by atoms with E-state index in [0.717, 1.165) is 0 Å². The Balaban J connectivity index is 2.02. The van der Waals surface area contributed by atoms with Crippen LogP contribution in [0.3, 0.4) is 0 Å². The molecule has 1 fully saturated rings. The fraction of sp³-hybridized carbons (Fsp3) is 0.429. The molecule has 0 spiro atoms. The lowest BCUT2D eigenvalue weighted by molar-refractivity contribution is 0.110. The van der Waals surface area contributed by atoms with Gasteiger partial charge >= 0.3 is 6.09 Å². The number of ether oxygens (including phenoxy) is 1. The van der Waals surface area contributed by atoms with E-state index in [0.29, 0.717) is 12.2 Å². The van der Waals surface area contributed by atoms with Crippen molar-refractivity contribution in [3.8, 4) is 11.8 Å². The summed E-state index contributed by atoms with van der Waals surface area (Å²) in [6, 6.07) is 5.28. The van der Waals surface area contributed by atoms with E-state index >= 15 is 0 Å². The zero-order chi connectivity index (χ0) is 13.7. The summed E-state index contributed by atoms with van der Waals surface area (Å²) in [6.45, 7) is 2.28. The molecule has 0 aromatic carbocycles. The fourth-order valence-electron chi connectivity index (χ4n) is 1.86. The van der Waals surface area contributed by atoms with E-state index < -0.39 is 11.8 Å². The van der Waals surface area contributed by atoms with Gasteiger partial charge in [-0.05, 0) is 25.0 Å². The van der Waals surface area contributed by atoms with Gasteiger partial charge in [-0.15, -0.1) is 0 Å². The Morgan fingerprint density at radius 3 is 3.16 bits per heavy atom. The molecule has 0 saturated carbocycles. The molecule has 1 saturated heterocycles. The van der Waals surface area contributed by atoms with E-state index in [-0.39, 0.29) is 19.6 Å². The van der Waals surface area contributed by atoms with Crippen molar-refractivity contribution in [3.05, 3.63) is 30.1 Å². The summed E-state index contributed by atoms with van der Waals surface area (Å²) in [7, 11) is 0. The maximum atomic E-state index is 14.4. The average Bonchev–Trinajstić information content (AvgIpc) is 2.81. The molecule has 100 valence electrons. The number of alkyl halides is 1. The molecule has 0 N–H and O–H groups in total. The van der Waals surface area contributed by atoms with Gasteiger partial charge in [0.15, 0.2) is 5.67 Å². The van der Waals surface area contributed by atoms with E-state index in [4.69, 9.17) is 4.74 Å². The Kier molecular flexibility index (Phi) is 4.00. The van der Waals surface area contributed by atoms with E-state index in [1.807, 2.05) is 0 Å². The van der Waals surface area contributed by atoms with Gasteiger partial charge in [0.2, 0.25) is 0 Å². The predicted octanol–water partition coefficient (Wildman–Crippen LogP) is 2.00. The number of rotatable bonds is 1. The van der Waals surface area contributed by atoms with Crippen LogP contribution in [0, 0.1) is 11.8 Å². The average molecular weight is 262 g/mol. The largest absolute Gasteiger partial charge is 0.450 e. The molecule has 1 aliphatic rings. The number of hydrogen-bond donors (Lipinski definition) is 0. The molecular formula is C14H15FN2O2. The summed E-state index contributed by atoms with van der Waals surface area (Å²) >= 11 is 0. The van der Waals surface area contributed by atoms with Crippen molar-refractivity contribution >= 4 is 6.09 Å². The van der Waals surface area contributed by atoms with Crippen molar-refractivity contribution in [1.29, 1.82) is 0 Å². The van der Waals surface area contributed by atoms with Crippen molar-refractivity contribution in [3.63, 3.8) is 0 Å². The first-order valence-corrected chi connectivity index (χ1v) is 6.18. The van der Waals surface area contributed by atoms with Crippen molar-refractivity contribution in [2.75, 3.05) is 19.7 Å². The van der Waals surface area contributed by atoms with Crippen LogP contribution in [0.5, 0.6) is 0 Å². The molecule has 2 heterocycles. The van der Waals surface area contributed by atoms with Gasteiger partial charge in [0.25, 0.3) is 0 Å². The smallest absolute Gasteiger partial charge is 0.409 e. The first-order valence-electron chi connectivity index (χ1n) is 6.18. The van der Waals surface area contributed by atoms with Gasteiger partial charge in [0.05, 0.1) is 13.2 Å². The number of aromatic nitrogens is 1. The van der Waals surface area contributed by atoms with Crippen LogP contribution in [-0.2, 0) is 4.74 Å². The van der Waals surface area contributed by atoms with E-state index in [2.05, 4.69) is 16.8 Å². The Bertz CT molecular complexity index is 509. The molecule has 19 heavy (non-hydrogen) atoms. The van der Waals surface area contributed by atoms with Crippen LogP contribution < -0.4 is 0 Å². The Morgan fingerprint density at radius 1 is 1.63 bits per heavy atom. The third kappa shape index (κ3) is 3.44. The number of nitrogens with zero attached hydrogens (tertiary/aromatic N) is 2. The number of likely N-dealkylation sites (tertiary alicyclic amines) is 1. The minimum absolute atomic E-state index is 0.0499.